The van der Waals surface area contributed by atoms with Gasteiger partial charge in [-0.25, -0.2) is 4.79 Å². The summed E-state index contributed by atoms with van der Waals surface area (Å²) in [6.45, 7) is 1.05. The van der Waals surface area contributed by atoms with Crippen molar-refractivity contribution < 1.29 is 14.4 Å². The van der Waals surface area contributed by atoms with Crippen molar-refractivity contribution in [3.05, 3.63) is 108 Å². The molecule has 1 N–H and O–H groups in total. The maximum Gasteiger partial charge on any atom is 0.325 e. The minimum absolute atomic E-state index is 0.180. The molecule has 0 bridgehead atoms. The summed E-state index contributed by atoms with van der Waals surface area (Å²) in [7, 11) is 0. The van der Waals surface area contributed by atoms with Crippen LogP contribution in [0.1, 0.15) is 29.5 Å². The first kappa shape index (κ1) is 23.8. The van der Waals surface area contributed by atoms with Crippen LogP contribution in [0.4, 0.5) is 4.79 Å². The van der Waals surface area contributed by atoms with Gasteiger partial charge in [0, 0.05) is 19.5 Å². The molecule has 36 heavy (non-hydrogen) atoms. The van der Waals surface area contributed by atoms with Crippen molar-refractivity contribution in [2.45, 2.75) is 31.2 Å². The first-order chi connectivity index (χ1) is 17.5. The minimum atomic E-state index is -1.23. The van der Waals surface area contributed by atoms with E-state index in [1.54, 1.807) is 4.90 Å². The first-order valence-electron chi connectivity index (χ1n) is 12.6. The number of urea groups is 1. The Morgan fingerprint density at radius 2 is 1.36 bits per heavy atom. The summed E-state index contributed by atoms with van der Waals surface area (Å²) in [5.74, 6) is -0.0279. The maximum absolute atomic E-state index is 13.8. The van der Waals surface area contributed by atoms with E-state index in [1.165, 1.54) is 5.56 Å². The molecule has 0 saturated carbocycles. The maximum atomic E-state index is 13.8. The number of hydrogen-bond donors (Lipinski definition) is 1. The van der Waals surface area contributed by atoms with Crippen LogP contribution in [0.3, 0.4) is 0 Å². The number of carbonyl (C=O) groups is 3. The van der Waals surface area contributed by atoms with Gasteiger partial charge in [0.25, 0.3) is 5.91 Å². The predicted octanol–water partition coefficient (Wildman–Crippen LogP) is 4.16. The number of carbonyl (C=O) groups excluding carboxylic acids is 3. The van der Waals surface area contributed by atoms with Gasteiger partial charge in [0.1, 0.15) is 6.54 Å². The molecule has 0 radical (unpaired) electrons. The standard InChI is InChI=1S/C30H31N3O3/c34-27(32-18-16-24(17-19-32)20-23-10-4-1-5-11-23)22-33-28(35)30(31-29(33)36,26-14-8-3-9-15-26)21-25-12-6-2-7-13-25/h1-15,24H,16-22H2,(H,31,36)/t30-/m1/s1. The summed E-state index contributed by atoms with van der Waals surface area (Å²) in [5.41, 5.74) is 1.73. The molecule has 0 aromatic heterocycles. The second-order valence-corrected chi connectivity index (χ2v) is 9.77. The van der Waals surface area contributed by atoms with E-state index in [4.69, 9.17) is 0 Å². The van der Waals surface area contributed by atoms with E-state index >= 15 is 0 Å². The molecule has 3 aromatic carbocycles. The Bertz CT molecular complexity index is 1210. The number of hydrogen-bond acceptors (Lipinski definition) is 3. The van der Waals surface area contributed by atoms with Gasteiger partial charge in [-0.15, -0.1) is 0 Å². The summed E-state index contributed by atoms with van der Waals surface area (Å²) in [6, 6.07) is 28.8. The Morgan fingerprint density at radius 1 is 0.806 bits per heavy atom. The molecule has 2 fully saturated rings. The van der Waals surface area contributed by atoms with Crippen molar-refractivity contribution in [1.82, 2.24) is 15.1 Å². The molecule has 3 aromatic rings. The number of piperidine rings is 1. The van der Waals surface area contributed by atoms with Crippen molar-refractivity contribution >= 4 is 17.8 Å². The zero-order valence-electron chi connectivity index (χ0n) is 20.3. The van der Waals surface area contributed by atoms with Gasteiger partial charge in [-0.3, -0.25) is 14.5 Å². The highest BCUT2D eigenvalue weighted by Gasteiger charge is 2.53. The lowest BCUT2D eigenvalue weighted by Gasteiger charge is -2.33. The van der Waals surface area contributed by atoms with E-state index in [-0.39, 0.29) is 18.4 Å². The quantitative estimate of drug-likeness (QED) is 0.516. The van der Waals surface area contributed by atoms with Crippen LogP contribution < -0.4 is 5.32 Å². The van der Waals surface area contributed by atoms with Crippen LogP contribution in [-0.2, 0) is 28.0 Å². The highest BCUT2D eigenvalue weighted by atomic mass is 16.2. The molecule has 2 aliphatic rings. The lowest BCUT2D eigenvalue weighted by atomic mass is 9.83. The second kappa shape index (κ2) is 10.4. The van der Waals surface area contributed by atoms with E-state index in [1.807, 2.05) is 66.7 Å². The molecule has 0 aliphatic carbocycles. The summed E-state index contributed by atoms with van der Waals surface area (Å²) < 4.78 is 0. The van der Waals surface area contributed by atoms with Crippen LogP contribution in [-0.4, -0.2) is 47.3 Å². The van der Waals surface area contributed by atoms with Crippen LogP contribution in [0.25, 0.3) is 0 Å². The minimum Gasteiger partial charge on any atom is -0.341 e. The molecule has 2 heterocycles. The Labute approximate surface area is 211 Å². The fourth-order valence-corrected chi connectivity index (χ4v) is 5.38. The average molecular weight is 482 g/mol. The third-order valence-corrected chi connectivity index (χ3v) is 7.38. The van der Waals surface area contributed by atoms with Gasteiger partial charge in [0.05, 0.1) is 0 Å². The molecule has 6 nitrogen and oxygen atoms in total. The highest BCUT2D eigenvalue weighted by molar-refractivity contribution is 6.09. The number of benzene rings is 3. The van der Waals surface area contributed by atoms with Gasteiger partial charge in [-0.2, -0.15) is 0 Å². The van der Waals surface area contributed by atoms with Gasteiger partial charge in [0.15, 0.2) is 5.54 Å². The molecular formula is C30H31N3O3. The van der Waals surface area contributed by atoms with Gasteiger partial charge >= 0.3 is 6.03 Å². The fourth-order valence-electron chi connectivity index (χ4n) is 5.38. The smallest absolute Gasteiger partial charge is 0.325 e. The third kappa shape index (κ3) is 4.89. The molecule has 0 spiro atoms. The lowest BCUT2D eigenvalue weighted by Crippen LogP contribution is -2.48. The monoisotopic (exact) mass is 481 g/mol. The summed E-state index contributed by atoms with van der Waals surface area (Å²) in [5, 5.41) is 2.94. The summed E-state index contributed by atoms with van der Waals surface area (Å²) in [4.78, 5) is 42.9. The molecular weight excluding hydrogens is 450 g/mol. The Kier molecular flexibility index (Phi) is 6.85. The van der Waals surface area contributed by atoms with Crippen molar-refractivity contribution in [2.24, 2.45) is 5.92 Å². The topological polar surface area (TPSA) is 69.7 Å². The molecule has 2 saturated heterocycles. The molecule has 184 valence electrons. The van der Waals surface area contributed by atoms with Crippen molar-refractivity contribution in [1.29, 1.82) is 0 Å². The lowest BCUT2D eigenvalue weighted by molar-refractivity contribution is -0.140. The number of rotatable bonds is 7. The van der Waals surface area contributed by atoms with Crippen LogP contribution in [0.2, 0.25) is 0 Å². The number of likely N-dealkylation sites (tertiary alicyclic amines) is 1. The summed E-state index contributed by atoms with van der Waals surface area (Å²) in [6.07, 6.45) is 3.17. The van der Waals surface area contributed by atoms with Crippen LogP contribution in [0.15, 0.2) is 91.0 Å². The molecule has 5 rings (SSSR count). The van der Waals surface area contributed by atoms with Gasteiger partial charge in [-0.05, 0) is 41.9 Å². The Morgan fingerprint density at radius 3 is 1.97 bits per heavy atom. The molecule has 4 amide bonds. The highest BCUT2D eigenvalue weighted by Crippen LogP contribution is 2.33. The van der Waals surface area contributed by atoms with Crippen molar-refractivity contribution in [2.75, 3.05) is 19.6 Å². The zero-order chi connectivity index (χ0) is 25.0. The largest absolute Gasteiger partial charge is 0.341 e. The number of nitrogens with zero attached hydrogens (tertiary/aromatic N) is 2. The summed E-state index contributed by atoms with van der Waals surface area (Å²) >= 11 is 0. The first-order valence-corrected chi connectivity index (χ1v) is 12.6. The molecule has 6 heteroatoms. The average Bonchev–Trinajstić information content (AvgIpc) is 3.15. The van der Waals surface area contributed by atoms with E-state index in [2.05, 4.69) is 29.6 Å². The number of nitrogens with one attached hydrogen (secondary N) is 1. The van der Waals surface area contributed by atoms with Gasteiger partial charge in [-0.1, -0.05) is 91.0 Å². The predicted molar refractivity (Wildman–Crippen MR) is 138 cm³/mol. The number of imide groups is 1. The van der Waals surface area contributed by atoms with Crippen LogP contribution in [0, 0.1) is 5.92 Å². The SMILES string of the molecule is O=C(CN1C(=O)N[C@](Cc2ccccc2)(c2ccccc2)C1=O)N1CCC(Cc2ccccc2)CC1. The van der Waals surface area contributed by atoms with E-state index in [0.29, 0.717) is 31.0 Å². The van der Waals surface area contributed by atoms with E-state index < -0.39 is 11.6 Å². The van der Waals surface area contributed by atoms with Gasteiger partial charge in [0.2, 0.25) is 5.91 Å². The normalized spacial score (nSPS) is 20.4. The van der Waals surface area contributed by atoms with Crippen molar-refractivity contribution in [3.8, 4) is 0 Å². The second-order valence-electron chi connectivity index (χ2n) is 9.77. The van der Waals surface area contributed by atoms with Gasteiger partial charge < -0.3 is 10.2 Å². The Hall–Kier alpha value is -3.93. The van der Waals surface area contributed by atoms with Crippen molar-refractivity contribution in [3.63, 3.8) is 0 Å². The molecule has 0 unspecified atom stereocenters. The van der Waals surface area contributed by atoms with E-state index in [9.17, 15) is 14.4 Å². The third-order valence-electron chi connectivity index (χ3n) is 7.38. The molecule has 2 aliphatic heterocycles. The van der Waals surface area contributed by atoms with Crippen LogP contribution in [0.5, 0.6) is 0 Å². The zero-order valence-corrected chi connectivity index (χ0v) is 20.3. The molecule has 1 atom stereocenters. The van der Waals surface area contributed by atoms with E-state index in [0.717, 1.165) is 29.7 Å². The van der Waals surface area contributed by atoms with Crippen LogP contribution >= 0.6 is 0 Å². The fraction of sp³-hybridized carbons (Fsp3) is 0.300. The number of amides is 4. The Balaban J connectivity index is 1.27.